The van der Waals surface area contributed by atoms with Crippen molar-refractivity contribution in [2.45, 2.75) is 19.6 Å². The lowest BCUT2D eigenvalue weighted by molar-refractivity contribution is -0.137. The SMILES string of the molecule is CCN(Cc1ccccc1)c1nn(-c2cccc(C(F)(F)F)c2)nc1C#N. The molecule has 0 saturated heterocycles. The smallest absolute Gasteiger partial charge is 0.349 e. The van der Waals surface area contributed by atoms with E-state index in [0.717, 1.165) is 22.5 Å². The van der Waals surface area contributed by atoms with Crippen molar-refractivity contribution in [1.29, 1.82) is 5.26 Å². The Kier molecular flexibility index (Phi) is 5.12. The van der Waals surface area contributed by atoms with Gasteiger partial charge in [0.2, 0.25) is 5.69 Å². The van der Waals surface area contributed by atoms with Gasteiger partial charge in [-0.25, -0.2) is 0 Å². The molecule has 8 heteroatoms. The first-order valence-corrected chi connectivity index (χ1v) is 8.26. The van der Waals surface area contributed by atoms with Crippen LogP contribution in [0.15, 0.2) is 54.6 Å². The third-order valence-corrected chi connectivity index (χ3v) is 4.00. The fourth-order valence-corrected chi connectivity index (χ4v) is 2.65. The molecule has 0 bridgehead atoms. The third kappa shape index (κ3) is 4.08. The Morgan fingerprint density at radius 3 is 2.44 bits per heavy atom. The molecule has 0 atom stereocenters. The molecule has 3 rings (SSSR count). The summed E-state index contributed by atoms with van der Waals surface area (Å²) in [6.45, 7) is 2.98. The largest absolute Gasteiger partial charge is 0.416 e. The fraction of sp³-hybridized carbons (Fsp3) is 0.211. The van der Waals surface area contributed by atoms with Crippen LogP contribution in [0.2, 0.25) is 0 Å². The molecule has 0 fully saturated rings. The maximum Gasteiger partial charge on any atom is 0.416 e. The van der Waals surface area contributed by atoms with Gasteiger partial charge in [0.1, 0.15) is 6.07 Å². The molecular weight excluding hydrogens is 355 g/mol. The molecule has 0 aliphatic heterocycles. The number of hydrogen-bond acceptors (Lipinski definition) is 4. The van der Waals surface area contributed by atoms with Gasteiger partial charge in [0.15, 0.2) is 5.82 Å². The van der Waals surface area contributed by atoms with Crippen molar-refractivity contribution >= 4 is 5.82 Å². The Balaban J connectivity index is 1.97. The summed E-state index contributed by atoms with van der Waals surface area (Å²) in [6.07, 6.45) is -4.47. The number of nitriles is 1. The zero-order chi connectivity index (χ0) is 19.4. The van der Waals surface area contributed by atoms with Gasteiger partial charge in [-0.1, -0.05) is 36.4 Å². The van der Waals surface area contributed by atoms with Crippen LogP contribution in [0.25, 0.3) is 5.69 Å². The van der Waals surface area contributed by atoms with Crippen LogP contribution in [0, 0.1) is 11.3 Å². The van der Waals surface area contributed by atoms with Gasteiger partial charge >= 0.3 is 6.18 Å². The second-order valence-electron chi connectivity index (χ2n) is 5.82. The molecule has 138 valence electrons. The number of alkyl halides is 3. The van der Waals surface area contributed by atoms with Crippen molar-refractivity contribution in [2.75, 3.05) is 11.4 Å². The van der Waals surface area contributed by atoms with E-state index in [1.54, 1.807) is 0 Å². The monoisotopic (exact) mass is 371 g/mol. The number of aromatic nitrogens is 3. The number of rotatable bonds is 5. The van der Waals surface area contributed by atoms with Gasteiger partial charge in [-0.3, -0.25) is 0 Å². The highest BCUT2D eigenvalue weighted by Crippen LogP contribution is 2.30. The molecule has 3 aromatic rings. The predicted octanol–water partition coefficient (Wildman–Crippen LogP) is 4.18. The van der Waals surface area contributed by atoms with Crippen LogP contribution >= 0.6 is 0 Å². The lowest BCUT2D eigenvalue weighted by Crippen LogP contribution is -2.23. The van der Waals surface area contributed by atoms with Gasteiger partial charge in [-0.2, -0.15) is 18.4 Å². The summed E-state index contributed by atoms with van der Waals surface area (Å²) in [7, 11) is 0. The lowest BCUT2D eigenvalue weighted by atomic mass is 10.2. The molecule has 1 heterocycles. The molecular formula is C19H16F3N5. The number of nitrogens with zero attached hydrogens (tertiary/aromatic N) is 5. The topological polar surface area (TPSA) is 57.7 Å². The van der Waals surface area contributed by atoms with E-state index in [-0.39, 0.29) is 11.4 Å². The van der Waals surface area contributed by atoms with E-state index in [9.17, 15) is 18.4 Å². The summed E-state index contributed by atoms with van der Waals surface area (Å²) in [6, 6.07) is 16.3. The van der Waals surface area contributed by atoms with Gasteiger partial charge in [0.05, 0.1) is 11.3 Å². The van der Waals surface area contributed by atoms with Gasteiger partial charge in [0, 0.05) is 13.1 Å². The van der Waals surface area contributed by atoms with E-state index >= 15 is 0 Å². The minimum atomic E-state index is -4.47. The van der Waals surface area contributed by atoms with Crippen LogP contribution < -0.4 is 4.90 Å². The standard InChI is InChI=1S/C19H16F3N5/c1-2-26(13-14-7-4-3-5-8-14)18-17(12-23)24-27(25-18)16-10-6-9-15(11-16)19(20,21)22/h3-11H,2,13H2,1H3. The summed E-state index contributed by atoms with van der Waals surface area (Å²) >= 11 is 0. The second kappa shape index (κ2) is 7.50. The highest BCUT2D eigenvalue weighted by atomic mass is 19.4. The molecule has 0 amide bonds. The first kappa shape index (κ1) is 18.5. The molecule has 0 saturated carbocycles. The van der Waals surface area contributed by atoms with Crippen molar-refractivity contribution in [3.63, 3.8) is 0 Å². The number of halogens is 3. The van der Waals surface area contributed by atoms with Gasteiger partial charge in [-0.15, -0.1) is 15.0 Å². The van der Waals surface area contributed by atoms with Crippen LogP contribution in [-0.2, 0) is 12.7 Å². The van der Waals surface area contributed by atoms with Gasteiger partial charge in [0.25, 0.3) is 0 Å². The molecule has 27 heavy (non-hydrogen) atoms. The van der Waals surface area contributed by atoms with E-state index < -0.39 is 11.7 Å². The van der Waals surface area contributed by atoms with E-state index in [0.29, 0.717) is 18.9 Å². The van der Waals surface area contributed by atoms with E-state index in [2.05, 4.69) is 10.2 Å². The van der Waals surface area contributed by atoms with Crippen LogP contribution in [0.1, 0.15) is 23.7 Å². The summed E-state index contributed by atoms with van der Waals surface area (Å²) in [5.41, 5.74) is 0.430. The highest BCUT2D eigenvalue weighted by molar-refractivity contribution is 5.51. The van der Waals surface area contributed by atoms with Crippen molar-refractivity contribution < 1.29 is 13.2 Å². The van der Waals surface area contributed by atoms with Crippen LogP contribution in [0.4, 0.5) is 19.0 Å². The first-order valence-electron chi connectivity index (χ1n) is 8.26. The maximum absolute atomic E-state index is 12.9. The third-order valence-electron chi connectivity index (χ3n) is 4.00. The molecule has 2 aromatic carbocycles. The Morgan fingerprint density at radius 2 is 1.81 bits per heavy atom. The Morgan fingerprint density at radius 1 is 1.07 bits per heavy atom. The average Bonchev–Trinajstić information content (AvgIpc) is 3.10. The van der Waals surface area contributed by atoms with Crippen LogP contribution in [0.3, 0.4) is 0 Å². The number of anilines is 1. The fourth-order valence-electron chi connectivity index (χ4n) is 2.65. The average molecular weight is 371 g/mol. The summed E-state index contributed by atoms with van der Waals surface area (Å²) in [5.74, 6) is 0.335. The van der Waals surface area contributed by atoms with Crippen molar-refractivity contribution in [3.05, 3.63) is 71.4 Å². The zero-order valence-electron chi connectivity index (χ0n) is 14.5. The molecule has 0 unspecified atom stereocenters. The van der Waals surface area contributed by atoms with E-state index in [1.807, 2.05) is 48.2 Å². The Hall–Kier alpha value is -3.34. The maximum atomic E-state index is 12.9. The molecule has 0 aliphatic rings. The van der Waals surface area contributed by atoms with Gasteiger partial charge < -0.3 is 4.90 Å². The quantitative estimate of drug-likeness (QED) is 0.675. The Bertz CT molecular complexity index is 957. The Labute approximate surface area is 154 Å². The van der Waals surface area contributed by atoms with Gasteiger partial charge in [-0.05, 0) is 30.7 Å². The van der Waals surface area contributed by atoms with Crippen molar-refractivity contribution in [1.82, 2.24) is 15.0 Å². The summed E-state index contributed by atoms with van der Waals surface area (Å²) < 4.78 is 38.8. The summed E-state index contributed by atoms with van der Waals surface area (Å²) in [5, 5.41) is 17.8. The molecule has 0 radical (unpaired) electrons. The minimum Gasteiger partial charge on any atom is -0.349 e. The van der Waals surface area contributed by atoms with Crippen molar-refractivity contribution in [2.24, 2.45) is 0 Å². The van der Waals surface area contributed by atoms with E-state index in [4.69, 9.17) is 0 Å². The van der Waals surface area contributed by atoms with E-state index in [1.165, 1.54) is 12.1 Å². The normalized spacial score (nSPS) is 11.2. The molecule has 1 aromatic heterocycles. The highest BCUT2D eigenvalue weighted by Gasteiger charge is 2.31. The number of benzene rings is 2. The first-order chi connectivity index (χ1) is 12.9. The predicted molar refractivity (Wildman–Crippen MR) is 94.2 cm³/mol. The molecule has 0 aliphatic carbocycles. The molecule has 5 nitrogen and oxygen atoms in total. The minimum absolute atomic E-state index is 0.0604. The van der Waals surface area contributed by atoms with Crippen LogP contribution in [0.5, 0.6) is 0 Å². The van der Waals surface area contributed by atoms with Crippen LogP contribution in [-0.4, -0.2) is 21.5 Å². The zero-order valence-corrected chi connectivity index (χ0v) is 14.5. The van der Waals surface area contributed by atoms with Crippen molar-refractivity contribution in [3.8, 4) is 11.8 Å². The summed E-state index contributed by atoms with van der Waals surface area (Å²) in [4.78, 5) is 2.92. The second-order valence-corrected chi connectivity index (χ2v) is 5.82. The molecule has 0 spiro atoms. The lowest BCUT2D eigenvalue weighted by Gasteiger charge is -2.20. The molecule has 0 N–H and O–H groups in total. The number of hydrogen-bond donors (Lipinski definition) is 0.